The zero-order valence-corrected chi connectivity index (χ0v) is 18.1. The normalized spacial score (nSPS) is 14.3. The standard InChI is InChI=1S/C22H20FN7O.ClH/c1-12-19-20(18-6-9-30(29-18)13-4-7-25-8-5-13)16(11-24)21(26-22(19)28-27-12)15-3-2-14(31)10-17(15)23;/h2-3,6,9-10,13,25,31H,4-5,7-8H2,1H3,(H,26,27,28);1H. The van der Waals surface area contributed by atoms with E-state index in [1.54, 1.807) is 0 Å². The van der Waals surface area contributed by atoms with E-state index in [1.807, 2.05) is 23.9 Å². The van der Waals surface area contributed by atoms with E-state index in [0.717, 1.165) is 37.7 Å². The van der Waals surface area contributed by atoms with Crippen molar-refractivity contribution in [2.45, 2.75) is 25.8 Å². The van der Waals surface area contributed by atoms with Crippen LogP contribution in [0.5, 0.6) is 5.75 Å². The maximum absolute atomic E-state index is 14.7. The van der Waals surface area contributed by atoms with Gasteiger partial charge in [0, 0.05) is 29.1 Å². The number of aromatic hydroxyl groups is 1. The fourth-order valence-electron chi connectivity index (χ4n) is 4.20. The van der Waals surface area contributed by atoms with Crippen LogP contribution in [0.15, 0.2) is 30.5 Å². The summed E-state index contributed by atoms with van der Waals surface area (Å²) < 4.78 is 16.6. The minimum atomic E-state index is -0.665. The highest BCUT2D eigenvalue weighted by Gasteiger charge is 2.25. The number of aryl methyl sites for hydroxylation is 1. The van der Waals surface area contributed by atoms with Crippen molar-refractivity contribution in [1.29, 1.82) is 5.26 Å². The Morgan fingerprint density at radius 2 is 2.03 bits per heavy atom. The summed E-state index contributed by atoms with van der Waals surface area (Å²) in [6.07, 6.45) is 3.88. The van der Waals surface area contributed by atoms with Gasteiger partial charge in [0.05, 0.1) is 28.4 Å². The van der Waals surface area contributed by atoms with Crippen molar-refractivity contribution in [3.8, 4) is 34.3 Å². The number of nitrogens with one attached hydrogen (secondary N) is 2. The number of aromatic nitrogens is 5. The zero-order valence-electron chi connectivity index (χ0n) is 17.3. The van der Waals surface area contributed by atoms with E-state index in [2.05, 4.69) is 26.6 Å². The van der Waals surface area contributed by atoms with Gasteiger partial charge in [0.15, 0.2) is 5.65 Å². The van der Waals surface area contributed by atoms with Crippen molar-refractivity contribution >= 4 is 23.4 Å². The van der Waals surface area contributed by atoms with Crippen LogP contribution in [0.3, 0.4) is 0 Å². The van der Waals surface area contributed by atoms with Crippen LogP contribution in [0.25, 0.3) is 33.5 Å². The molecule has 32 heavy (non-hydrogen) atoms. The molecule has 1 fully saturated rings. The second-order valence-electron chi connectivity index (χ2n) is 7.70. The summed E-state index contributed by atoms with van der Waals surface area (Å²) in [5.74, 6) is -0.862. The van der Waals surface area contributed by atoms with Crippen molar-refractivity contribution in [2.24, 2.45) is 0 Å². The molecule has 10 heteroatoms. The molecule has 4 heterocycles. The molecule has 3 aromatic heterocycles. The third-order valence-electron chi connectivity index (χ3n) is 5.75. The highest BCUT2D eigenvalue weighted by atomic mass is 35.5. The summed E-state index contributed by atoms with van der Waals surface area (Å²) >= 11 is 0. The average molecular weight is 454 g/mol. The SMILES string of the molecule is Cc1[nH]nc2nc(-c3ccc(O)cc3F)c(C#N)c(-c3ccn(C4CCNCC4)n3)c12.Cl. The molecule has 4 aromatic rings. The highest BCUT2D eigenvalue weighted by Crippen LogP contribution is 2.38. The number of H-pyrrole nitrogens is 1. The summed E-state index contributed by atoms with van der Waals surface area (Å²) in [4.78, 5) is 4.48. The van der Waals surface area contributed by atoms with Gasteiger partial charge in [-0.2, -0.15) is 15.5 Å². The molecule has 0 aliphatic carbocycles. The summed E-state index contributed by atoms with van der Waals surface area (Å²) in [5.41, 5.74) is 2.84. The second-order valence-corrected chi connectivity index (χ2v) is 7.70. The fraction of sp³-hybridized carbons (Fsp3) is 0.273. The van der Waals surface area contributed by atoms with Crippen molar-refractivity contribution in [2.75, 3.05) is 13.1 Å². The molecule has 3 N–H and O–H groups in total. The summed E-state index contributed by atoms with van der Waals surface area (Å²) in [6, 6.07) is 8.16. The van der Waals surface area contributed by atoms with Gasteiger partial charge in [-0.05, 0) is 51.1 Å². The first kappa shape index (κ1) is 21.7. The number of pyridine rings is 1. The van der Waals surface area contributed by atoms with E-state index in [-0.39, 0.29) is 41.0 Å². The molecule has 164 valence electrons. The Labute approximate surface area is 189 Å². The molecular formula is C22H21ClFN7O. The zero-order chi connectivity index (χ0) is 21.5. The first-order valence-corrected chi connectivity index (χ1v) is 10.1. The van der Waals surface area contributed by atoms with Gasteiger partial charge < -0.3 is 10.4 Å². The first-order chi connectivity index (χ1) is 15.1. The maximum atomic E-state index is 14.7. The predicted molar refractivity (Wildman–Crippen MR) is 120 cm³/mol. The number of hydrogen-bond acceptors (Lipinski definition) is 6. The number of aromatic amines is 1. The second kappa shape index (κ2) is 8.57. The third kappa shape index (κ3) is 3.57. The van der Waals surface area contributed by atoms with Gasteiger partial charge >= 0.3 is 0 Å². The number of phenolic OH excluding ortho intramolecular Hbond substituents is 1. The molecule has 0 spiro atoms. The van der Waals surface area contributed by atoms with Gasteiger partial charge in [-0.25, -0.2) is 9.37 Å². The lowest BCUT2D eigenvalue weighted by molar-refractivity contribution is 0.343. The maximum Gasteiger partial charge on any atom is 0.182 e. The molecule has 1 aromatic carbocycles. The molecule has 8 nitrogen and oxygen atoms in total. The van der Waals surface area contributed by atoms with Crippen LogP contribution >= 0.6 is 12.4 Å². The van der Waals surface area contributed by atoms with Gasteiger partial charge in [0.25, 0.3) is 0 Å². The molecule has 1 aliphatic rings. The molecule has 0 radical (unpaired) electrons. The summed E-state index contributed by atoms with van der Waals surface area (Å²) in [7, 11) is 0. The van der Waals surface area contributed by atoms with E-state index in [0.29, 0.717) is 22.3 Å². The minimum absolute atomic E-state index is 0. The van der Waals surface area contributed by atoms with Crippen molar-refractivity contribution in [3.05, 3.63) is 47.5 Å². The van der Waals surface area contributed by atoms with Gasteiger partial charge in [-0.1, -0.05) is 0 Å². The quantitative estimate of drug-likeness (QED) is 0.434. The van der Waals surface area contributed by atoms with Crippen molar-refractivity contribution in [3.63, 3.8) is 0 Å². The van der Waals surface area contributed by atoms with Crippen LogP contribution in [0.4, 0.5) is 4.39 Å². The summed E-state index contributed by atoms with van der Waals surface area (Å²) in [6.45, 7) is 3.73. The van der Waals surface area contributed by atoms with E-state index < -0.39 is 5.82 Å². The van der Waals surface area contributed by atoms with Gasteiger partial charge in [-0.3, -0.25) is 9.78 Å². The Balaban J connectivity index is 0.00000245. The van der Waals surface area contributed by atoms with E-state index in [1.165, 1.54) is 12.1 Å². The Kier molecular flexibility index (Phi) is 5.82. The number of fused-ring (bicyclic) bond motifs is 1. The molecule has 0 bridgehead atoms. The molecular weight excluding hydrogens is 433 g/mol. The molecule has 5 rings (SSSR count). The van der Waals surface area contributed by atoms with E-state index in [4.69, 9.17) is 5.10 Å². The van der Waals surface area contributed by atoms with E-state index >= 15 is 0 Å². The Morgan fingerprint density at radius 1 is 1.25 bits per heavy atom. The number of nitriles is 1. The molecule has 0 saturated carbocycles. The van der Waals surface area contributed by atoms with Gasteiger partial charge in [0.2, 0.25) is 0 Å². The highest BCUT2D eigenvalue weighted by molar-refractivity contribution is 5.99. The van der Waals surface area contributed by atoms with E-state index in [9.17, 15) is 14.8 Å². The molecule has 0 unspecified atom stereocenters. The van der Waals surface area contributed by atoms with Crippen LogP contribution in [-0.4, -0.2) is 43.2 Å². The Morgan fingerprint density at radius 3 is 2.75 bits per heavy atom. The number of hydrogen-bond donors (Lipinski definition) is 3. The lowest BCUT2D eigenvalue weighted by Crippen LogP contribution is -2.29. The molecule has 1 aliphatic heterocycles. The third-order valence-corrected chi connectivity index (χ3v) is 5.75. The van der Waals surface area contributed by atoms with Crippen LogP contribution in [0.1, 0.15) is 30.1 Å². The predicted octanol–water partition coefficient (Wildman–Crippen LogP) is 3.86. The fourth-order valence-corrected chi connectivity index (χ4v) is 4.20. The monoisotopic (exact) mass is 453 g/mol. The lowest BCUT2D eigenvalue weighted by atomic mass is 9.96. The number of piperidine rings is 1. The smallest absolute Gasteiger partial charge is 0.182 e. The molecule has 0 atom stereocenters. The number of halogens is 2. The van der Waals surface area contributed by atoms with Crippen molar-refractivity contribution < 1.29 is 9.50 Å². The van der Waals surface area contributed by atoms with Crippen LogP contribution in [-0.2, 0) is 0 Å². The number of nitrogens with zero attached hydrogens (tertiary/aromatic N) is 5. The minimum Gasteiger partial charge on any atom is -0.508 e. The Bertz CT molecular complexity index is 1330. The van der Waals surface area contributed by atoms with Gasteiger partial charge in [0.1, 0.15) is 17.6 Å². The van der Waals surface area contributed by atoms with Crippen LogP contribution in [0, 0.1) is 24.1 Å². The van der Waals surface area contributed by atoms with Crippen LogP contribution in [0.2, 0.25) is 0 Å². The van der Waals surface area contributed by atoms with Gasteiger partial charge in [-0.15, -0.1) is 12.4 Å². The number of phenols is 1. The number of benzene rings is 1. The first-order valence-electron chi connectivity index (χ1n) is 10.1. The summed E-state index contributed by atoms with van der Waals surface area (Å²) in [5, 5.41) is 35.6. The largest absolute Gasteiger partial charge is 0.508 e. The average Bonchev–Trinajstić information content (AvgIpc) is 3.40. The topological polar surface area (TPSA) is 115 Å². The lowest BCUT2D eigenvalue weighted by Gasteiger charge is -2.22. The Hall–Kier alpha value is -3.48. The molecule has 0 amide bonds. The molecule has 1 saturated heterocycles. The van der Waals surface area contributed by atoms with Crippen molar-refractivity contribution in [1.82, 2.24) is 30.3 Å². The number of rotatable bonds is 3. The van der Waals surface area contributed by atoms with Crippen LogP contribution < -0.4 is 5.32 Å².